The highest BCUT2D eigenvalue weighted by Crippen LogP contribution is 2.39. The number of carbonyl (C=O) groups is 2. The third-order valence-corrected chi connectivity index (χ3v) is 5.40. The van der Waals surface area contributed by atoms with Crippen LogP contribution in [0.4, 0.5) is 5.69 Å². The van der Waals surface area contributed by atoms with Crippen molar-refractivity contribution in [3.8, 4) is 0 Å². The number of benzene rings is 1. The van der Waals surface area contributed by atoms with Crippen molar-refractivity contribution in [2.45, 2.75) is 31.7 Å². The average molecular weight is 407 g/mol. The summed E-state index contributed by atoms with van der Waals surface area (Å²) >= 11 is 12.0. The summed E-state index contributed by atoms with van der Waals surface area (Å²) in [6.45, 7) is 2.71. The monoisotopic (exact) mass is 405 g/mol. The second kappa shape index (κ2) is 7.70. The van der Waals surface area contributed by atoms with Crippen molar-refractivity contribution < 1.29 is 9.59 Å². The number of rotatable bonds is 5. The molecule has 2 atom stereocenters. The van der Waals surface area contributed by atoms with Crippen molar-refractivity contribution in [2.75, 3.05) is 18.0 Å². The first kappa shape index (κ1) is 20.3. The molecule has 5 nitrogen and oxygen atoms in total. The lowest BCUT2D eigenvalue weighted by Crippen LogP contribution is -2.54. The molecule has 1 aromatic rings. The summed E-state index contributed by atoms with van der Waals surface area (Å²) in [6, 6.07) is 4.97. The maximum Gasteiger partial charge on any atom is 0.227 e. The Morgan fingerprint density at radius 3 is 2.44 bits per heavy atom. The van der Waals surface area contributed by atoms with E-state index in [0.29, 0.717) is 34.7 Å². The molecule has 1 saturated carbocycles. The van der Waals surface area contributed by atoms with Gasteiger partial charge in [0.1, 0.15) is 0 Å². The van der Waals surface area contributed by atoms with Gasteiger partial charge in [-0.2, -0.15) is 0 Å². The zero-order valence-electron chi connectivity index (χ0n) is 13.9. The molecule has 1 aliphatic heterocycles. The first-order chi connectivity index (χ1) is 11.3. The molecule has 2 unspecified atom stereocenters. The minimum absolute atomic E-state index is 0. The van der Waals surface area contributed by atoms with E-state index in [1.807, 2.05) is 6.92 Å². The molecule has 1 heterocycles. The quantitative estimate of drug-likeness (QED) is 0.789. The maximum absolute atomic E-state index is 12.6. The van der Waals surface area contributed by atoms with Gasteiger partial charge in [-0.05, 0) is 43.9 Å². The highest BCUT2D eigenvalue weighted by Gasteiger charge is 2.44. The molecular formula is C17H22Cl3N3O2. The molecule has 1 saturated heterocycles. The fourth-order valence-corrected chi connectivity index (χ4v) is 3.77. The van der Waals surface area contributed by atoms with Gasteiger partial charge in [0.25, 0.3) is 0 Å². The number of anilines is 1. The highest BCUT2D eigenvalue weighted by molar-refractivity contribution is 6.35. The zero-order valence-corrected chi connectivity index (χ0v) is 16.3. The van der Waals surface area contributed by atoms with Gasteiger partial charge < -0.3 is 16.0 Å². The maximum atomic E-state index is 12.6. The van der Waals surface area contributed by atoms with Crippen LogP contribution in [-0.4, -0.2) is 30.4 Å². The Labute approximate surface area is 163 Å². The molecule has 1 aromatic carbocycles. The van der Waals surface area contributed by atoms with Crippen molar-refractivity contribution in [1.29, 1.82) is 0 Å². The van der Waals surface area contributed by atoms with Crippen LogP contribution < -0.4 is 16.0 Å². The molecule has 1 aliphatic carbocycles. The van der Waals surface area contributed by atoms with E-state index in [1.54, 1.807) is 23.1 Å². The molecule has 138 valence electrons. The number of nitrogens with two attached hydrogens (primary N) is 1. The minimum Gasteiger partial charge on any atom is -0.349 e. The molecule has 2 aliphatic rings. The predicted octanol–water partition coefficient (Wildman–Crippen LogP) is 3.01. The number of hydrogen-bond donors (Lipinski definition) is 2. The fraction of sp³-hybridized carbons (Fsp3) is 0.529. The molecule has 3 rings (SSSR count). The standard InChI is InChI=1S/C17H21Cl2N3O2.ClH/c1-17(9-20,11-2-3-11)21-16(24)10-4-15(23)22(8-10)14-6-12(18)5-13(19)7-14;/h5-7,10-11H,2-4,8-9,20H2,1H3,(H,21,24);1H. The second-order valence-corrected chi connectivity index (χ2v) is 7.79. The molecule has 3 N–H and O–H groups in total. The molecule has 2 fully saturated rings. The van der Waals surface area contributed by atoms with E-state index in [4.69, 9.17) is 28.9 Å². The number of amides is 2. The predicted molar refractivity (Wildman–Crippen MR) is 102 cm³/mol. The van der Waals surface area contributed by atoms with E-state index in [0.717, 1.165) is 12.8 Å². The zero-order chi connectivity index (χ0) is 17.5. The van der Waals surface area contributed by atoms with E-state index >= 15 is 0 Å². The van der Waals surface area contributed by atoms with E-state index < -0.39 is 0 Å². The van der Waals surface area contributed by atoms with E-state index in [2.05, 4.69) is 5.32 Å². The summed E-state index contributed by atoms with van der Waals surface area (Å²) in [5.74, 6) is -0.167. The Balaban J connectivity index is 0.00000225. The van der Waals surface area contributed by atoms with Crippen LogP contribution in [0.15, 0.2) is 18.2 Å². The van der Waals surface area contributed by atoms with Crippen molar-refractivity contribution in [1.82, 2.24) is 5.32 Å². The van der Waals surface area contributed by atoms with Crippen LogP contribution in [0.2, 0.25) is 10.0 Å². The van der Waals surface area contributed by atoms with Gasteiger partial charge in [-0.1, -0.05) is 23.2 Å². The Morgan fingerprint density at radius 2 is 1.92 bits per heavy atom. The van der Waals surface area contributed by atoms with Crippen LogP contribution in [0.25, 0.3) is 0 Å². The molecule has 0 bridgehead atoms. The Hall–Kier alpha value is -1.01. The van der Waals surface area contributed by atoms with Crippen molar-refractivity contribution in [3.05, 3.63) is 28.2 Å². The first-order valence-corrected chi connectivity index (χ1v) is 8.86. The van der Waals surface area contributed by atoms with Gasteiger partial charge in [0.2, 0.25) is 11.8 Å². The summed E-state index contributed by atoms with van der Waals surface area (Å²) in [6.07, 6.45) is 2.36. The van der Waals surface area contributed by atoms with Gasteiger partial charge >= 0.3 is 0 Å². The van der Waals surface area contributed by atoms with Crippen molar-refractivity contribution >= 4 is 53.1 Å². The summed E-state index contributed by atoms with van der Waals surface area (Å²) in [7, 11) is 0. The Morgan fingerprint density at radius 1 is 1.32 bits per heavy atom. The summed E-state index contributed by atoms with van der Waals surface area (Å²) in [5.41, 5.74) is 6.09. The van der Waals surface area contributed by atoms with E-state index in [-0.39, 0.29) is 42.1 Å². The van der Waals surface area contributed by atoms with Crippen molar-refractivity contribution in [3.63, 3.8) is 0 Å². The van der Waals surface area contributed by atoms with Crippen molar-refractivity contribution in [2.24, 2.45) is 17.6 Å². The number of nitrogens with one attached hydrogen (secondary N) is 1. The van der Waals surface area contributed by atoms with Crippen LogP contribution >= 0.6 is 35.6 Å². The molecule has 2 amide bonds. The molecule has 8 heteroatoms. The lowest BCUT2D eigenvalue weighted by Gasteiger charge is -2.30. The lowest BCUT2D eigenvalue weighted by molar-refractivity contribution is -0.128. The largest absolute Gasteiger partial charge is 0.349 e. The fourth-order valence-electron chi connectivity index (χ4n) is 3.25. The van der Waals surface area contributed by atoms with Gasteiger partial charge in [-0.15, -0.1) is 12.4 Å². The average Bonchev–Trinajstić information content (AvgIpc) is 3.29. The van der Waals surface area contributed by atoms with E-state index in [9.17, 15) is 9.59 Å². The SMILES string of the molecule is CC(CN)(NC(=O)C1CC(=O)N(c2cc(Cl)cc(Cl)c2)C1)C1CC1.Cl. The van der Waals surface area contributed by atoms with Crippen LogP contribution in [0.5, 0.6) is 0 Å². The summed E-state index contributed by atoms with van der Waals surface area (Å²) in [4.78, 5) is 26.5. The topological polar surface area (TPSA) is 75.4 Å². The van der Waals surface area contributed by atoms with Gasteiger partial charge in [-0.3, -0.25) is 9.59 Å². The van der Waals surface area contributed by atoms with Crippen LogP contribution in [0, 0.1) is 11.8 Å². The Kier molecular flexibility index (Phi) is 6.26. The third kappa shape index (κ3) is 4.40. The first-order valence-electron chi connectivity index (χ1n) is 8.11. The molecule has 0 radical (unpaired) electrons. The van der Waals surface area contributed by atoms with Gasteiger partial charge in [0.15, 0.2) is 0 Å². The lowest BCUT2D eigenvalue weighted by atomic mass is 9.94. The van der Waals surface area contributed by atoms with Gasteiger partial charge in [0.05, 0.1) is 11.5 Å². The molecule has 0 aromatic heterocycles. The molecule has 25 heavy (non-hydrogen) atoms. The normalized spacial score (nSPS) is 22.3. The smallest absolute Gasteiger partial charge is 0.227 e. The summed E-state index contributed by atoms with van der Waals surface area (Å²) < 4.78 is 0. The highest BCUT2D eigenvalue weighted by atomic mass is 35.5. The van der Waals surface area contributed by atoms with Crippen LogP contribution in [-0.2, 0) is 9.59 Å². The van der Waals surface area contributed by atoms with Gasteiger partial charge in [0, 0.05) is 35.2 Å². The Bertz CT molecular complexity index is 661. The second-order valence-electron chi connectivity index (χ2n) is 6.92. The number of nitrogens with zero attached hydrogens (tertiary/aromatic N) is 1. The van der Waals surface area contributed by atoms with E-state index in [1.165, 1.54) is 0 Å². The summed E-state index contributed by atoms with van der Waals surface area (Å²) in [5, 5.41) is 3.99. The molecule has 0 spiro atoms. The molecular weight excluding hydrogens is 385 g/mol. The minimum atomic E-state index is -0.389. The van der Waals surface area contributed by atoms with Crippen LogP contribution in [0.1, 0.15) is 26.2 Å². The third-order valence-electron chi connectivity index (χ3n) is 4.97. The number of hydrogen-bond acceptors (Lipinski definition) is 3. The number of halogens is 3. The van der Waals surface area contributed by atoms with Crippen LogP contribution in [0.3, 0.4) is 0 Å². The number of carbonyl (C=O) groups excluding carboxylic acids is 2. The van der Waals surface area contributed by atoms with Gasteiger partial charge in [-0.25, -0.2) is 0 Å².